The summed E-state index contributed by atoms with van der Waals surface area (Å²) in [6, 6.07) is 38.6. The van der Waals surface area contributed by atoms with Crippen molar-refractivity contribution in [3.63, 3.8) is 0 Å². The first-order valence-corrected chi connectivity index (χ1v) is 12.0. The molecular formula is C26H23ClOP+. The Bertz CT molecular complexity index is 969. The number of ether oxygens (including phenoxy) is 1. The second-order valence-electron chi connectivity index (χ2n) is 6.91. The van der Waals surface area contributed by atoms with E-state index in [0.29, 0.717) is 5.02 Å². The molecule has 0 spiro atoms. The smallest absolute Gasteiger partial charge is 0.137 e. The molecule has 0 aliphatic heterocycles. The normalized spacial score (nSPS) is 11.2. The molecule has 0 unspecified atom stereocenters. The molecule has 144 valence electrons. The first-order chi connectivity index (χ1) is 14.3. The Morgan fingerprint density at radius 3 is 1.48 bits per heavy atom. The summed E-state index contributed by atoms with van der Waals surface area (Å²) in [5, 5.41) is 4.73. The lowest BCUT2D eigenvalue weighted by Crippen LogP contribution is -2.32. The van der Waals surface area contributed by atoms with Gasteiger partial charge in [-0.15, -0.1) is 0 Å². The Balaban J connectivity index is 2.01. The molecule has 0 aliphatic carbocycles. The van der Waals surface area contributed by atoms with Crippen molar-refractivity contribution in [2.45, 2.75) is 6.16 Å². The van der Waals surface area contributed by atoms with Crippen LogP contribution in [0.4, 0.5) is 0 Å². The van der Waals surface area contributed by atoms with Gasteiger partial charge in [-0.05, 0) is 42.5 Å². The molecule has 3 heteroatoms. The zero-order valence-electron chi connectivity index (χ0n) is 16.3. The molecule has 0 aromatic heterocycles. The Hall–Kier alpha value is -2.60. The van der Waals surface area contributed by atoms with Gasteiger partial charge in [0.05, 0.1) is 12.1 Å². The maximum Gasteiger partial charge on any atom is 0.137 e. The van der Waals surface area contributed by atoms with Crippen LogP contribution in [0.1, 0.15) is 5.56 Å². The number of hydrogen-bond acceptors (Lipinski definition) is 1. The van der Waals surface area contributed by atoms with Gasteiger partial charge in [-0.25, -0.2) is 0 Å². The van der Waals surface area contributed by atoms with Crippen molar-refractivity contribution >= 4 is 34.8 Å². The molecule has 4 rings (SSSR count). The van der Waals surface area contributed by atoms with Gasteiger partial charge >= 0.3 is 0 Å². The summed E-state index contributed by atoms with van der Waals surface area (Å²) in [6.45, 7) is 0. The van der Waals surface area contributed by atoms with Crippen LogP contribution in [0.3, 0.4) is 0 Å². The summed E-state index contributed by atoms with van der Waals surface area (Å²) in [7, 11) is -0.307. The number of rotatable bonds is 6. The molecule has 0 saturated heterocycles. The molecule has 4 aromatic rings. The Morgan fingerprint density at radius 2 is 1.07 bits per heavy atom. The van der Waals surface area contributed by atoms with Crippen LogP contribution < -0.4 is 20.7 Å². The summed E-state index contributed by atoms with van der Waals surface area (Å²) < 4.78 is 5.50. The van der Waals surface area contributed by atoms with E-state index in [2.05, 4.69) is 97.1 Å². The summed E-state index contributed by atoms with van der Waals surface area (Å²) in [6.07, 6.45) is 0.834. The van der Waals surface area contributed by atoms with Crippen LogP contribution in [0.25, 0.3) is 0 Å². The first kappa shape index (κ1) is 19.7. The van der Waals surface area contributed by atoms with E-state index in [1.807, 2.05) is 12.1 Å². The van der Waals surface area contributed by atoms with Crippen molar-refractivity contribution in [1.29, 1.82) is 0 Å². The molecule has 0 heterocycles. The van der Waals surface area contributed by atoms with Gasteiger partial charge in [0.15, 0.2) is 0 Å². The zero-order valence-corrected chi connectivity index (χ0v) is 18.0. The molecule has 29 heavy (non-hydrogen) atoms. The summed E-state index contributed by atoms with van der Waals surface area (Å²) >= 11 is 6.77. The van der Waals surface area contributed by atoms with Crippen molar-refractivity contribution in [3.8, 4) is 5.75 Å². The molecule has 1 nitrogen and oxygen atoms in total. The minimum absolute atomic E-state index is 0.696. The molecular weight excluding hydrogens is 395 g/mol. The van der Waals surface area contributed by atoms with Crippen molar-refractivity contribution in [2.75, 3.05) is 7.11 Å². The van der Waals surface area contributed by atoms with E-state index in [9.17, 15) is 0 Å². The fraction of sp³-hybridized carbons (Fsp3) is 0.0769. The van der Waals surface area contributed by atoms with Crippen LogP contribution in [-0.2, 0) is 6.16 Å². The molecule has 0 atom stereocenters. The third-order valence-corrected chi connectivity index (χ3v) is 10.0. The van der Waals surface area contributed by atoms with Crippen LogP contribution in [0.15, 0.2) is 109 Å². The van der Waals surface area contributed by atoms with Crippen molar-refractivity contribution in [2.24, 2.45) is 0 Å². The quantitative estimate of drug-likeness (QED) is 0.358. The first-order valence-electron chi connectivity index (χ1n) is 9.62. The van der Waals surface area contributed by atoms with Gasteiger partial charge in [0.1, 0.15) is 35.1 Å². The van der Waals surface area contributed by atoms with Gasteiger partial charge in [0, 0.05) is 5.56 Å². The van der Waals surface area contributed by atoms with Gasteiger partial charge in [-0.3, -0.25) is 0 Å². The predicted octanol–water partition coefficient (Wildman–Crippen LogP) is 5.84. The van der Waals surface area contributed by atoms with E-state index in [4.69, 9.17) is 16.3 Å². The van der Waals surface area contributed by atoms with Gasteiger partial charge < -0.3 is 4.74 Å². The summed E-state index contributed by atoms with van der Waals surface area (Å²) in [5.41, 5.74) is 1.11. The van der Waals surface area contributed by atoms with Gasteiger partial charge in [0.2, 0.25) is 0 Å². The minimum atomic E-state index is -1.97. The molecule has 0 radical (unpaired) electrons. The fourth-order valence-electron chi connectivity index (χ4n) is 3.86. The maximum atomic E-state index is 6.77. The summed E-state index contributed by atoms with van der Waals surface area (Å²) in [4.78, 5) is 0. The van der Waals surface area contributed by atoms with E-state index in [1.54, 1.807) is 7.11 Å². The monoisotopic (exact) mass is 417 g/mol. The lowest BCUT2D eigenvalue weighted by atomic mass is 10.2. The molecule has 0 saturated carbocycles. The van der Waals surface area contributed by atoms with E-state index in [1.165, 1.54) is 15.9 Å². The van der Waals surface area contributed by atoms with Crippen LogP contribution in [0.2, 0.25) is 5.02 Å². The highest BCUT2D eigenvalue weighted by Gasteiger charge is 2.45. The average Bonchev–Trinajstić information content (AvgIpc) is 2.80. The maximum absolute atomic E-state index is 6.77. The van der Waals surface area contributed by atoms with Crippen LogP contribution >= 0.6 is 18.9 Å². The van der Waals surface area contributed by atoms with E-state index in [-0.39, 0.29) is 0 Å². The van der Waals surface area contributed by atoms with Crippen molar-refractivity contribution in [3.05, 3.63) is 120 Å². The second kappa shape index (κ2) is 8.82. The Labute approximate surface area is 178 Å². The van der Waals surface area contributed by atoms with E-state index in [0.717, 1.165) is 17.5 Å². The van der Waals surface area contributed by atoms with Gasteiger partial charge in [0.25, 0.3) is 0 Å². The molecule has 0 aliphatic rings. The lowest BCUT2D eigenvalue weighted by molar-refractivity contribution is 0.414. The standard InChI is InChI=1S/C26H23ClOP/c1-28-25-19-11-12-21(26(25)27)20-29(22-13-5-2-6-14-22,23-15-7-3-8-16-23)24-17-9-4-10-18-24/h2-19H,20H2,1H3/q+1. The zero-order chi connectivity index (χ0) is 20.1. The number of methoxy groups -OCH3 is 1. The number of hydrogen-bond donors (Lipinski definition) is 0. The summed E-state index contributed by atoms with van der Waals surface area (Å²) in [5.74, 6) is 0.719. The highest BCUT2D eigenvalue weighted by molar-refractivity contribution is 7.95. The highest BCUT2D eigenvalue weighted by atomic mass is 35.5. The van der Waals surface area contributed by atoms with Crippen molar-refractivity contribution in [1.82, 2.24) is 0 Å². The van der Waals surface area contributed by atoms with Crippen molar-refractivity contribution < 1.29 is 4.74 Å². The topological polar surface area (TPSA) is 9.23 Å². The predicted molar refractivity (Wildman–Crippen MR) is 127 cm³/mol. The lowest BCUT2D eigenvalue weighted by Gasteiger charge is -2.28. The minimum Gasteiger partial charge on any atom is -0.495 e. The SMILES string of the molecule is COc1cccc(C[P+](c2ccccc2)(c2ccccc2)c2ccccc2)c1Cl. The molecule has 0 fully saturated rings. The highest BCUT2D eigenvalue weighted by Crippen LogP contribution is 2.59. The molecule has 4 aromatic carbocycles. The van der Waals surface area contributed by atoms with Crippen LogP contribution in [0.5, 0.6) is 5.75 Å². The number of benzene rings is 4. The van der Waals surface area contributed by atoms with Gasteiger partial charge in [-0.2, -0.15) is 0 Å². The molecule has 0 N–H and O–H groups in total. The Morgan fingerprint density at radius 1 is 0.621 bits per heavy atom. The molecule has 0 amide bonds. The van der Waals surface area contributed by atoms with Gasteiger partial charge in [-0.1, -0.05) is 78.3 Å². The third kappa shape index (κ3) is 3.81. The Kier molecular flexibility index (Phi) is 6.00. The van der Waals surface area contributed by atoms with Crippen LogP contribution in [0, 0.1) is 0 Å². The largest absolute Gasteiger partial charge is 0.495 e. The molecule has 0 bridgehead atoms. The second-order valence-corrected chi connectivity index (χ2v) is 10.8. The van der Waals surface area contributed by atoms with E-state index < -0.39 is 7.26 Å². The average molecular weight is 418 g/mol. The van der Waals surface area contributed by atoms with E-state index >= 15 is 0 Å². The van der Waals surface area contributed by atoms with Crippen LogP contribution in [-0.4, -0.2) is 7.11 Å². The fourth-order valence-corrected chi connectivity index (χ4v) is 8.48. The number of halogens is 1. The third-order valence-electron chi connectivity index (χ3n) is 5.26.